The van der Waals surface area contributed by atoms with Gasteiger partial charge in [0.25, 0.3) is 0 Å². The molecule has 0 saturated carbocycles. The van der Waals surface area contributed by atoms with Crippen LogP contribution in [0.5, 0.6) is 0 Å². The molecule has 0 aliphatic carbocycles. The Hall–Kier alpha value is -1.75. The molecule has 0 radical (unpaired) electrons. The lowest BCUT2D eigenvalue weighted by atomic mass is 10.0. The summed E-state index contributed by atoms with van der Waals surface area (Å²) in [6, 6.07) is 8.28. The van der Waals surface area contributed by atoms with Crippen LogP contribution in [0.1, 0.15) is 22.2 Å². The first-order valence-electron chi connectivity index (χ1n) is 7.07. The molecule has 0 N–H and O–H groups in total. The molecule has 1 aromatic heterocycles. The second-order valence-electron chi connectivity index (χ2n) is 5.35. The number of nitrogens with zero attached hydrogens (tertiary/aromatic N) is 3. The minimum atomic E-state index is -0.0831. The van der Waals surface area contributed by atoms with Gasteiger partial charge in [-0.2, -0.15) is 0 Å². The monoisotopic (exact) mass is 301 g/mol. The number of likely N-dealkylation sites (N-methyl/N-ethyl adjacent to an activating group) is 1. The first-order chi connectivity index (χ1) is 10.2. The van der Waals surface area contributed by atoms with E-state index in [9.17, 15) is 4.79 Å². The zero-order chi connectivity index (χ0) is 14.8. The van der Waals surface area contributed by atoms with Gasteiger partial charge in [0.05, 0.1) is 6.54 Å². The van der Waals surface area contributed by atoms with Gasteiger partial charge >= 0.3 is 0 Å². The molecule has 5 heteroatoms. The third-order valence-corrected chi connectivity index (χ3v) is 5.12. The maximum absolute atomic E-state index is 12.8. The second-order valence-corrected chi connectivity index (χ2v) is 6.56. The molecular formula is C16H19N3OS. The molecule has 21 heavy (non-hydrogen) atoms. The van der Waals surface area contributed by atoms with Gasteiger partial charge in [-0.15, -0.1) is 11.8 Å². The van der Waals surface area contributed by atoms with Crippen molar-refractivity contribution in [3.8, 4) is 0 Å². The van der Waals surface area contributed by atoms with Crippen LogP contribution in [-0.4, -0.2) is 33.2 Å². The summed E-state index contributed by atoms with van der Waals surface area (Å²) in [4.78, 5) is 18.8. The van der Waals surface area contributed by atoms with Gasteiger partial charge in [-0.1, -0.05) is 24.3 Å². The van der Waals surface area contributed by atoms with E-state index in [1.165, 1.54) is 11.1 Å². The van der Waals surface area contributed by atoms with Crippen molar-refractivity contribution in [1.29, 1.82) is 0 Å². The first-order valence-corrected chi connectivity index (χ1v) is 8.12. The number of fused-ring (bicyclic) bond motifs is 1. The van der Waals surface area contributed by atoms with Crippen LogP contribution >= 0.6 is 11.8 Å². The number of imidazole rings is 1. The van der Waals surface area contributed by atoms with Crippen LogP contribution in [0.25, 0.3) is 0 Å². The van der Waals surface area contributed by atoms with Gasteiger partial charge in [-0.05, 0) is 23.3 Å². The summed E-state index contributed by atoms with van der Waals surface area (Å²) >= 11 is 1.74. The van der Waals surface area contributed by atoms with Crippen LogP contribution in [0, 0.1) is 0 Å². The molecule has 3 rings (SSSR count). The van der Waals surface area contributed by atoms with Gasteiger partial charge in [0, 0.05) is 26.5 Å². The van der Waals surface area contributed by atoms with E-state index in [1.807, 2.05) is 37.0 Å². The largest absolute Gasteiger partial charge is 0.337 e. The fraction of sp³-hybridized carbons (Fsp3) is 0.375. The van der Waals surface area contributed by atoms with E-state index in [0.717, 1.165) is 18.0 Å². The topological polar surface area (TPSA) is 38.1 Å². The van der Waals surface area contributed by atoms with Crippen LogP contribution in [0.3, 0.4) is 0 Å². The number of carbonyl (C=O) groups excluding carboxylic acids is 1. The highest BCUT2D eigenvalue weighted by atomic mass is 32.2. The van der Waals surface area contributed by atoms with E-state index < -0.39 is 0 Å². The standard InChI is InChI=1S/C16H19N3OS/c1-18-9-8-17-14(18)11-19(2)16(20)15-13-6-4-3-5-12(13)7-10-21-15/h3-6,8-9,15H,7,10-11H2,1-2H3/t15-/m0/s1. The predicted octanol–water partition coefficient (Wildman–Crippen LogP) is 2.41. The van der Waals surface area contributed by atoms with Gasteiger partial charge in [0.1, 0.15) is 11.1 Å². The Balaban J connectivity index is 1.78. The minimum Gasteiger partial charge on any atom is -0.337 e. The van der Waals surface area contributed by atoms with Gasteiger partial charge in [0.15, 0.2) is 0 Å². The normalized spacial score (nSPS) is 17.3. The Labute approximate surface area is 129 Å². The lowest BCUT2D eigenvalue weighted by Crippen LogP contribution is -2.32. The number of amides is 1. The predicted molar refractivity (Wildman–Crippen MR) is 85.0 cm³/mol. The molecule has 110 valence electrons. The van der Waals surface area contributed by atoms with E-state index in [-0.39, 0.29) is 11.2 Å². The van der Waals surface area contributed by atoms with Crippen molar-refractivity contribution >= 4 is 17.7 Å². The summed E-state index contributed by atoms with van der Waals surface area (Å²) in [5.41, 5.74) is 2.48. The van der Waals surface area contributed by atoms with Crippen molar-refractivity contribution in [2.75, 3.05) is 12.8 Å². The lowest BCUT2D eigenvalue weighted by Gasteiger charge is -2.28. The summed E-state index contributed by atoms with van der Waals surface area (Å²) in [7, 11) is 3.81. The number of hydrogen-bond acceptors (Lipinski definition) is 3. The van der Waals surface area contributed by atoms with E-state index >= 15 is 0 Å². The van der Waals surface area contributed by atoms with Crippen LogP contribution in [0.15, 0.2) is 36.7 Å². The number of rotatable bonds is 3. The van der Waals surface area contributed by atoms with Crippen molar-refractivity contribution in [3.63, 3.8) is 0 Å². The Morgan fingerprint density at radius 2 is 2.29 bits per heavy atom. The number of aryl methyl sites for hydroxylation is 2. The van der Waals surface area contributed by atoms with Crippen molar-refractivity contribution in [2.45, 2.75) is 18.2 Å². The average Bonchev–Trinajstić information content (AvgIpc) is 2.91. The number of benzene rings is 1. The zero-order valence-electron chi connectivity index (χ0n) is 12.3. The Morgan fingerprint density at radius 3 is 3.05 bits per heavy atom. The summed E-state index contributed by atoms with van der Waals surface area (Å²) in [6.45, 7) is 0.543. The van der Waals surface area contributed by atoms with Gasteiger partial charge in [-0.3, -0.25) is 4.79 Å². The fourth-order valence-corrected chi connectivity index (χ4v) is 3.94. The zero-order valence-corrected chi connectivity index (χ0v) is 13.1. The molecule has 4 nitrogen and oxygen atoms in total. The van der Waals surface area contributed by atoms with Crippen molar-refractivity contribution < 1.29 is 4.79 Å². The molecule has 1 atom stereocenters. The van der Waals surface area contributed by atoms with Crippen LogP contribution in [0.2, 0.25) is 0 Å². The summed E-state index contributed by atoms with van der Waals surface area (Å²) in [5, 5.41) is -0.0831. The highest BCUT2D eigenvalue weighted by Gasteiger charge is 2.29. The van der Waals surface area contributed by atoms with Crippen molar-refractivity contribution in [1.82, 2.24) is 14.5 Å². The summed E-state index contributed by atoms with van der Waals surface area (Å²) in [6.07, 6.45) is 4.71. The Kier molecular flexibility index (Phi) is 4.01. The molecule has 2 aromatic rings. The van der Waals surface area contributed by atoms with E-state index in [1.54, 1.807) is 22.9 Å². The number of carbonyl (C=O) groups is 1. The van der Waals surface area contributed by atoms with Gasteiger partial charge in [-0.25, -0.2) is 4.98 Å². The van der Waals surface area contributed by atoms with Crippen LogP contribution in [0.4, 0.5) is 0 Å². The van der Waals surface area contributed by atoms with Gasteiger partial charge in [0.2, 0.25) is 5.91 Å². The quantitative estimate of drug-likeness (QED) is 0.874. The highest BCUT2D eigenvalue weighted by molar-refractivity contribution is 8.00. The first kappa shape index (κ1) is 14.2. The van der Waals surface area contributed by atoms with Crippen LogP contribution in [-0.2, 0) is 24.8 Å². The number of hydrogen-bond donors (Lipinski definition) is 0. The molecule has 1 amide bonds. The molecule has 2 heterocycles. The van der Waals surface area contributed by atoms with E-state index in [4.69, 9.17) is 0 Å². The van der Waals surface area contributed by atoms with Gasteiger partial charge < -0.3 is 9.47 Å². The third-order valence-electron chi connectivity index (χ3n) is 3.89. The molecule has 0 bridgehead atoms. The summed E-state index contributed by atoms with van der Waals surface area (Å²) < 4.78 is 1.95. The molecular weight excluding hydrogens is 282 g/mol. The van der Waals surface area contributed by atoms with E-state index in [0.29, 0.717) is 6.54 Å². The molecule has 1 aliphatic heterocycles. The van der Waals surface area contributed by atoms with Crippen LogP contribution < -0.4 is 0 Å². The molecule has 1 aliphatic rings. The molecule has 0 fully saturated rings. The maximum Gasteiger partial charge on any atom is 0.240 e. The molecule has 1 aromatic carbocycles. The highest BCUT2D eigenvalue weighted by Crippen LogP contribution is 2.37. The Morgan fingerprint density at radius 1 is 1.48 bits per heavy atom. The molecule has 0 saturated heterocycles. The molecule has 0 spiro atoms. The Bertz CT molecular complexity index is 652. The fourth-order valence-electron chi connectivity index (χ4n) is 2.64. The molecule has 0 unspecified atom stereocenters. The number of aromatic nitrogens is 2. The number of thioether (sulfide) groups is 1. The SMILES string of the molecule is CN(Cc1nccn1C)C(=O)[C@H]1SCCc2ccccc21. The van der Waals surface area contributed by atoms with Crippen molar-refractivity contribution in [2.24, 2.45) is 7.05 Å². The minimum absolute atomic E-state index is 0.0831. The lowest BCUT2D eigenvalue weighted by molar-refractivity contribution is -0.130. The third kappa shape index (κ3) is 2.83. The van der Waals surface area contributed by atoms with E-state index in [2.05, 4.69) is 17.1 Å². The van der Waals surface area contributed by atoms with Crippen molar-refractivity contribution in [3.05, 3.63) is 53.6 Å². The smallest absolute Gasteiger partial charge is 0.240 e. The maximum atomic E-state index is 12.8. The summed E-state index contributed by atoms with van der Waals surface area (Å²) in [5.74, 6) is 2.07. The second kappa shape index (κ2) is 5.93. The average molecular weight is 301 g/mol.